The molecule has 1 spiro atoms. The summed E-state index contributed by atoms with van der Waals surface area (Å²) in [5.74, 6) is -1.78. The van der Waals surface area contributed by atoms with Crippen LogP contribution in [0.4, 0.5) is 5.69 Å². The Hall–Kier alpha value is -2.58. The molecule has 42 heavy (non-hydrogen) atoms. The van der Waals surface area contributed by atoms with Crippen molar-refractivity contribution in [1.82, 2.24) is 4.90 Å². The first-order chi connectivity index (χ1) is 20.0. The standard InChI is InChI=1S/C34H48N2O5S/c1-8-10-11-12-16-41-33(40)28-27-19-24(7)34(42-27)29(28)31(38)36(25(20-37)17-21(3)4)30(34)32(39)35(15-9-2)26-18-22(5)13-14-23(26)6/h8-9,13-14,18,21,24-25,27-30,37H,1-2,10-12,15-17,19-20H2,3-7H3/t24?,25-,27+,28-,29+,30?,34?/m1/s1. The predicted octanol–water partition coefficient (Wildman–Crippen LogP) is 5.47. The summed E-state index contributed by atoms with van der Waals surface area (Å²) in [5, 5.41) is 10.5. The molecule has 7 atom stereocenters. The van der Waals surface area contributed by atoms with Gasteiger partial charge in [-0.25, -0.2) is 0 Å². The van der Waals surface area contributed by atoms with E-state index in [1.807, 2.05) is 38.1 Å². The van der Waals surface area contributed by atoms with Crippen LogP contribution in [0.1, 0.15) is 64.0 Å². The van der Waals surface area contributed by atoms with Gasteiger partial charge in [-0.1, -0.05) is 45.1 Å². The van der Waals surface area contributed by atoms with Crippen LogP contribution < -0.4 is 4.90 Å². The fourth-order valence-electron chi connectivity index (χ4n) is 7.47. The highest BCUT2D eigenvalue weighted by Crippen LogP contribution is 2.69. The van der Waals surface area contributed by atoms with Gasteiger partial charge < -0.3 is 19.6 Å². The molecule has 3 fully saturated rings. The van der Waals surface area contributed by atoms with Crippen LogP contribution in [-0.2, 0) is 19.1 Å². The second-order valence-corrected chi connectivity index (χ2v) is 14.3. The topological polar surface area (TPSA) is 87.2 Å². The molecule has 2 bridgehead atoms. The number of esters is 1. The maximum absolute atomic E-state index is 14.9. The van der Waals surface area contributed by atoms with Gasteiger partial charge in [-0.2, -0.15) is 0 Å². The van der Waals surface area contributed by atoms with E-state index < -0.39 is 28.7 Å². The predicted molar refractivity (Wildman–Crippen MR) is 169 cm³/mol. The zero-order valence-corrected chi connectivity index (χ0v) is 26.7. The van der Waals surface area contributed by atoms with Crippen molar-refractivity contribution in [2.75, 3.05) is 24.7 Å². The van der Waals surface area contributed by atoms with Crippen molar-refractivity contribution in [2.45, 2.75) is 88.8 Å². The number of amides is 2. The lowest BCUT2D eigenvalue weighted by molar-refractivity contribution is -0.155. The Kier molecular flexibility index (Phi) is 10.3. The quantitative estimate of drug-likeness (QED) is 0.174. The molecule has 3 aliphatic rings. The second-order valence-electron chi connectivity index (χ2n) is 12.7. The lowest BCUT2D eigenvalue weighted by atomic mass is 9.66. The number of ether oxygens (including phenoxy) is 1. The molecule has 3 heterocycles. The van der Waals surface area contributed by atoms with E-state index in [0.29, 0.717) is 13.0 Å². The van der Waals surface area contributed by atoms with Crippen molar-refractivity contribution in [3.8, 4) is 0 Å². The molecular weight excluding hydrogens is 548 g/mol. The van der Waals surface area contributed by atoms with Crippen LogP contribution >= 0.6 is 11.8 Å². The zero-order valence-electron chi connectivity index (χ0n) is 25.9. The van der Waals surface area contributed by atoms with Crippen molar-refractivity contribution < 1.29 is 24.2 Å². The minimum Gasteiger partial charge on any atom is -0.465 e. The van der Waals surface area contributed by atoms with Crippen molar-refractivity contribution in [3.63, 3.8) is 0 Å². The Morgan fingerprint density at radius 3 is 2.62 bits per heavy atom. The molecule has 3 aliphatic heterocycles. The molecule has 2 amide bonds. The van der Waals surface area contributed by atoms with Gasteiger partial charge in [-0.15, -0.1) is 24.9 Å². The average molecular weight is 597 g/mol. The van der Waals surface area contributed by atoms with E-state index in [4.69, 9.17) is 4.74 Å². The molecule has 1 aromatic rings. The molecular formula is C34H48N2O5S. The third kappa shape index (κ3) is 5.69. The van der Waals surface area contributed by atoms with Gasteiger partial charge in [0.05, 0.1) is 35.8 Å². The first kappa shape index (κ1) is 32.3. The van der Waals surface area contributed by atoms with Crippen LogP contribution in [0.25, 0.3) is 0 Å². The van der Waals surface area contributed by atoms with E-state index in [9.17, 15) is 19.5 Å². The van der Waals surface area contributed by atoms with Crippen LogP contribution in [0, 0.1) is 37.5 Å². The molecule has 3 unspecified atom stereocenters. The summed E-state index contributed by atoms with van der Waals surface area (Å²) in [6, 6.07) is 4.67. The van der Waals surface area contributed by atoms with Crippen molar-refractivity contribution in [2.24, 2.45) is 23.7 Å². The van der Waals surface area contributed by atoms with Gasteiger partial charge in [-0.05, 0) is 75.0 Å². The minimum atomic E-state index is -0.818. The van der Waals surface area contributed by atoms with Gasteiger partial charge >= 0.3 is 5.97 Å². The maximum Gasteiger partial charge on any atom is 0.310 e. The molecule has 4 rings (SSSR count). The molecule has 0 radical (unpaired) electrons. The number of nitrogens with zero attached hydrogens (tertiary/aromatic N) is 2. The Balaban J connectivity index is 1.79. The average Bonchev–Trinajstić information content (AvgIpc) is 3.54. The Morgan fingerprint density at radius 2 is 1.98 bits per heavy atom. The van der Waals surface area contributed by atoms with E-state index in [1.54, 1.807) is 27.6 Å². The van der Waals surface area contributed by atoms with E-state index in [2.05, 4.69) is 33.9 Å². The molecule has 1 aromatic carbocycles. The number of likely N-dealkylation sites (tertiary alicyclic amines) is 1. The highest BCUT2D eigenvalue weighted by atomic mass is 32.2. The number of fused-ring (bicyclic) bond motifs is 1. The fraction of sp³-hybridized carbons (Fsp3) is 0.618. The molecule has 3 saturated heterocycles. The zero-order chi connectivity index (χ0) is 30.8. The Morgan fingerprint density at radius 1 is 1.24 bits per heavy atom. The number of allylic oxidation sites excluding steroid dienone is 1. The summed E-state index contributed by atoms with van der Waals surface area (Å²) in [4.78, 5) is 46.5. The third-order valence-electron chi connectivity index (χ3n) is 9.32. The van der Waals surface area contributed by atoms with Gasteiger partial charge in [-0.3, -0.25) is 14.4 Å². The number of anilines is 1. The Bertz CT molecular complexity index is 1200. The van der Waals surface area contributed by atoms with E-state index in [0.717, 1.165) is 42.5 Å². The summed E-state index contributed by atoms with van der Waals surface area (Å²) in [6.07, 6.45) is 7.34. The highest BCUT2D eigenvalue weighted by Gasteiger charge is 2.77. The number of aliphatic hydroxyl groups excluding tert-OH is 1. The lowest BCUT2D eigenvalue weighted by Gasteiger charge is -2.42. The molecule has 7 nitrogen and oxygen atoms in total. The van der Waals surface area contributed by atoms with Crippen molar-refractivity contribution in [1.29, 1.82) is 0 Å². The molecule has 0 saturated carbocycles. The normalized spacial score (nSPS) is 28.6. The van der Waals surface area contributed by atoms with Crippen LogP contribution in [-0.4, -0.2) is 69.6 Å². The van der Waals surface area contributed by atoms with E-state index in [-0.39, 0.29) is 48.0 Å². The lowest BCUT2D eigenvalue weighted by Crippen LogP contribution is -2.59. The van der Waals surface area contributed by atoms with Gasteiger partial charge in [0.25, 0.3) is 5.91 Å². The number of hydrogen-bond donors (Lipinski definition) is 1. The van der Waals surface area contributed by atoms with E-state index in [1.165, 1.54) is 0 Å². The number of unbranched alkanes of at least 4 members (excludes halogenated alkanes) is 2. The maximum atomic E-state index is 14.9. The molecule has 1 N–H and O–H groups in total. The van der Waals surface area contributed by atoms with Gasteiger partial charge in [0.1, 0.15) is 6.04 Å². The second kappa shape index (κ2) is 13.4. The number of benzene rings is 1. The highest BCUT2D eigenvalue weighted by molar-refractivity contribution is 8.02. The van der Waals surface area contributed by atoms with Crippen molar-refractivity contribution in [3.05, 3.63) is 54.6 Å². The first-order valence-electron chi connectivity index (χ1n) is 15.4. The minimum absolute atomic E-state index is 0.0274. The van der Waals surface area contributed by atoms with E-state index >= 15 is 0 Å². The van der Waals surface area contributed by atoms with Crippen LogP contribution in [0.2, 0.25) is 0 Å². The summed E-state index contributed by atoms with van der Waals surface area (Å²) in [7, 11) is 0. The number of carbonyl (C=O) groups is 3. The molecule has 0 aliphatic carbocycles. The smallest absolute Gasteiger partial charge is 0.310 e. The van der Waals surface area contributed by atoms with Gasteiger partial charge in [0.15, 0.2) is 0 Å². The third-order valence-corrected chi connectivity index (χ3v) is 11.4. The summed E-state index contributed by atoms with van der Waals surface area (Å²) in [6.45, 7) is 18.2. The largest absolute Gasteiger partial charge is 0.465 e. The number of carbonyl (C=O) groups excluding carboxylic acids is 3. The monoisotopic (exact) mass is 596 g/mol. The summed E-state index contributed by atoms with van der Waals surface area (Å²) < 4.78 is 4.98. The molecule has 0 aromatic heterocycles. The molecule has 8 heteroatoms. The van der Waals surface area contributed by atoms with Crippen molar-refractivity contribution >= 4 is 35.2 Å². The number of rotatable bonds is 14. The first-order valence-corrected chi connectivity index (χ1v) is 16.3. The number of aliphatic hydroxyl groups is 1. The van der Waals surface area contributed by atoms with Gasteiger partial charge in [0.2, 0.25) is 5.91 Å². The van der Waals surface area contributed by atoms with Crippen LogP contribution in [0.15, 0.2) is 43.5 Å². The molecule has 230 valence electrons. The number of aryl methyl sites for hydroxylation is 2. The summed E-state index contributed by atoms with van der Waals surface area (Å²) >= 11 is 1.64. The number of thioether (sulfide) groups is 1. The number of hydrogen-bond acceptors (Lipinski definition) is 6. The van der Waals surface area contributed by atoms with Crippen LogP contribution in [0.5, 0.6) is 0 Å². The van der Waals surface area contributed by atoms with Gasteiger partial charge in [0, 0.05) is 17.5 Å². The SMILES string of the molecule is C=CCCCCOC(=O)[C@@H]1[C@@H]2CC(C)C3(S2)C(C(=O)N(CC=C)c2cc(C)ccc2C)N([C@@H](CO)CC(C)C)C(=O)[C@H]13. The summed E-state index contributed by atoms with van der Waals surface area (Å²) in [5.41, 5.74) is 2.77. The fourth-order valence-corrected chi connectivity index (χ4v) is 9.86. The Labute approximate surface area is 255 Å². The van der Waals surface area contributed by atoms with Crippen LogP contribution in [0.3, 0.4) is 0 Å².